The second-order valence-electron chi connectivity index (χ2n) is 7.91. The van der Waals surface area contributed by atoms with E-state index in [0.29, 0.717) is 0 Å². The number of nitrogens with zero attached hydrogens (tertiary/aromatic N) is 2. The fraction of sp³-hybridized carbons (Fsp3) is 0.381. The molecule has 0 unspecified atom stereocenters. The summed E-state index contributed by atoms with van der Waals surface area (Å²) in [5, 5.41) is 0.140. The van der Waals surface area contributed by atoms with Gasteiger partial charge in [-0.1, -0.05) is 87.6 Å². The van der Waals surface area contributed by atoms with Crippen LogP contribution in [0, 0.1) is 6.33 Å². The van der Waals surface area contributed by atoms with E-state index in [1.165, 1.54) is 5.56 Å². The average molecular weight is 339 g/mol. The van der Waals surface area contributed by atoms with Crippen molar-refractivity contribution in [2.24, 2.45) is 0 Å². The highest BCUT2D eigenvalue weighted by molar-refractivity contribution is 6.78. The van der Waals surface area contributed by atoms with Crippen molar-refractivity contribution in [3.8, 4) is 5.69 Å². The number of fused-ring (bicyclic) bond motifs is 1. The van der Waals surface area contributed by atoms with Crippen LogP contribution in [0.4, 0.5) is 0 Å². The van der Waals surface area contributed by atoms with Crippen molar-refractivity contribution in [3.05, 3.63) is 60.4 Å². The van der Waals surface area contributed by atoms with Gasteiger partial charge in [-0.25, -0.2) is 0 Å². The first-order chi connectivity index (χ1) is 11.9. The molecule has 126 valence electrons. The summed E-state index contributed by atoms with van der Waals surface area (Å²) in [6, 6.07) is 16.5. The highest BCUT2D eigenvalue weighted by atomic mass is 28.3. The smallest absolute Gasteiger partial charge is 0.244 e. The summed E-state index contributed by atoms with van der Waals surface area (Å²) in [7, 11) is -1.41. The Balaban J connectivity index is 2.22. The van der Waals surface area contributed by atoms with Gasteiger partial charge < -0.3 is 9.13 Å². The highest BCUT2D eigenvalue weighted by Gasteiger charge is 2.36. The lowest BCUT2D eigenvalue weighted by Crippen LogP contribution is -2.44. The van der Waals surface area contributed by atoms with Crippen LogP contribution in [0.15, 0.2) is 48.5 Å². The summed E-state index contributed by atoms with van der Waals surface area (Å²) < 4.78 is 19.8. The first-order valence-corrected chi connectivity index (χ1v) is 12.0. The lowest BCUT2D eigenvalue weighted by molar-refractivity contribution is -0.672. The first-order valence-electron chi connectivity index (χ1n) is 9.49. The average Bonchev–Trinajstić information content (AvgIpc) is 2.94. The van der Waals surface area contributed by atoms with Crippen molar-refractivity contribution in [1.82, 2.24) is 4.57 Å². The largest absolute Gasteiger partial charge is 0.319 e. The van der Waals surface area contributed by atoms with E-state index in [0.717, 1.165) is 16.7 Å². The van der Waals surface area contributed by atoms with Crippen LogP contribution in [0.25, 0.3) is 16.7 Å². The maximum atomic E-state index is 8.14. The van der Waals surface area contributed by atoms with Crippen molar-refractivity contribution in [3.63, 3.8) is 0 Å². The first kappa shape index (κ1) is 14.5. The van der Waals surface area contributed by atoms with Gasteiger partial charge in [-0.15, -0.1) is 0 Å². The van der Waals surface area contributed by atoms with Crippen molar-refractivity contribution >= 4 is 19.1 Å². The van der Waals surface area contributed by atoms with Gasteiger partial charge in [-0.05, 0) is 12.0 Å². The van der Waals surface area contributed by atoms with E-state index in [-0.39, 0.29) is 5.04 Å². The molecule has 0 aliphatic rings. The van der Waals surface area contributed by atoms with Gasteiger partial charge in [0, 0.05) is 0 Å². The Hall–Kier alpha value is -1.87. The maximum Gasteiger partial charge on any atom is 0.244 e. The molecule has 3 rings (SSSR count). The SMILES string of the molecule is [2H]C([2H])(C)[n+]1[c-]n(-c2cccc(C(C)(C)[Si](C)(C)C)c2)c2ccccc21. The zero-order valence-corrected chi connectivity index (χ0v) is 16.5. The molecular formula is C21H28N2Si. The topological polar surface area (TPSA) is 8.81 Å². The summed E-state index contributed by atoms with van der Waals surface area (Å²) in [4.78, 5) is 0. The molecule has 1 heterocycles. The van der Waals surface area contributed by atoms with E-state index in [1.54, 1.807) is 11.5 Å². The molecule has 2 aromatic carbocycles. The van der Waals surface area contributed by atoms with Crippen LogP contribution in [0.3, 0.4) is 0 Å². The van der Waals surface area contributed by atoms with Crippen LogP contribution < -0.4 is 4.57 Å². The second-order valence-corrected chi connectivity index (χ2v) is 13.7. The van der Waals surface area contributed by atoms with Crippen LogP contribution in [-0.2, 0) is 11.5 Å². The zero-order chi connectivity index (χ0) is 19.3. The fourth-order valence-electron chi connectivity index (χ4n) is 2.88. The van der Waals surface area contributed by atoms with E-state index in [2.05, 4.69) is 64.1 Å². The molecule has 0 aliphatic carbocycles. The van der Waals surface area contributed by atoms with Gasteiger partial charge in [0.1, 0.15) is 0 Å². The van der Waals surface area contributed by atoms with E-state index in [9.17, 15) is 0 Å². The monoisotopic (exact) mass is 338 g/mol. The van der Waals surface area contributed by atoms with Gasteiger partial charge in [0.05, 0.1) is 34.0 Å². The minimum atomic E-state index is -1.51. The molecule has 0 saturated carbocycles. The molecule has 2 nitrogen and oxygen atoms in total. The third kappa shape index (κ3) is 2.71. The number of aryl methyl sites for hydroxylation is 1. The van der Waals surface area contributed by atoms with Gasteiger partial charge in [0.2, 0.25) is 6.33 Å². The Bertz CT molecular complexity index is 947. The number of aromatic nitrogens is 2. The summed E-state index contributed by atoms with van der Waals surface area (Å²) >= 11 is 0. The van der Waals surface area contributed by atoms with E-state index < -0.39 is 14.6 Å². The van der Waals surface area contributed by atoms with Crippen LogP contribution in [0.1, 0.15) is 29.1 Å². The van der Waals surface area contributed by atoms with Crippen molar-refractivity contribution in [2.75, 3.05) is 0 Å². The van der Waals surface area contributed by atoms with Crippen molar-refractivity contribution < 1.29 is 7.31 Å². The van der Waals surface area contributed by atoms with Gasteiger partial charge in [0.15, 0.2) is 0 Å². The number of hydrogen-bond donors (Lipinski definition) is 0. The van der Waals surface area contributed by atoms with Gasteiger partial charge in [0.25, 0.3) is 0 Å². The molecule has 0 fully saturated rings. The Morgan fingerprint density at radius 2 is 1.83 bits per heavy atom. The van der Waals surface area contributed by atoms with E-state index >= 15 is 0 Å². The molecule has 0 aliphatic heterocycles. The Kier molecular flexibility index (Phi) is 3.55. The Morgan fingerprint density at radius 1 is 1.12 bits per heavy atom. The third-order valence-electron chi connectivity index (χ3n) is 5.49. The predicted molar refractivity (Wildman–Crippen MR) is 104 cm³/mol. The number of rotatable bonds is 4. The van der Waals surface area contributed by atoms with Gasteiger partial charge in [-0.3, -0.25) is 0 Å². The third-order valence-corrected chi connectivity index (χ3v) is 9.53. The highest BCUT2D eigenvalue weighted by Crippen LogP contribution is 2.34. The number of benzene rings is 2. The lowest BCUT2D eigenvalue weighted by Gasteiger charge is -2.38. The summed E-state index contributed by atoms with van der Waals surface area (Å²) in [5.41, 5.74) is 4.15. The molecule has 0 amide bonds. The Labute approximate surface area is 149 Å². The quantitative estimate of drug-likeness (QED) is 0.364. The van der Waals surface area contributed by atoms with Crippen LogP contribution in [0.5, 0.6) is 0 Å². The molecule has 24 heavy (non-hydrogen) atoms. The predicted octanol–water partition coefficient (Wildman–Crippen LogP) is 4.89. The van der Waals surface area contributed by atoms with Crippen molar-refractivity contribution in [2.45, 2.75) is 51.9 Å². The minimum Gasteiger partial charge on any atom is -0.319 e. The number of para-hydroxylation sites is 2. The molecule has 0 bridgehead atoms. The molecule has 0 radical (unpaired) electrons. The maximum absolute atomic E-state index is 8.14. The standard InChI is InChI=1S/C21H28N2Si/c1-7-22-16-23(20-14-9-8-13-19(20)22)18-12-10-11-17(15-18)21(2,3)24(4,5)6/h8-15H,7H2,1-6H3/i7D2. The fourth-order valence-corrected chi connectivity index (χ4v) is 3.91. The molecular weight excluding hydrogens is 308 g/mol. The summed E-state index contributed by atoms with van der Waals surface area (Å²) in [6.45, 7) is 11.9. The molecule has 0 saturated heterocycles. The molecule has 3 heteroatoms. The molecule has 0 spiro atoms. The van der Waals surface area contributed by atoms with Crippen LogP contribution in [-0.4, -0.2) is 12.6 Å². The number of hydrogen-bond acceptors (Lipinski definition) is 0. The zero-order valence-electron chi connectivity index (χ0n) is 17.5. The van der Waals surface area contributed by atoms with E-state index in [1.807, 2.05) is 28.8 Å². The summed E-state index contributed by atoms with van der Waals surface area (Å²) in [5.74, 6) is 0. The van der Waals surface area contributed by atoms with Crippen molar-refractivity contribution in [1.29, 1.82) is 0 Å². The number of imidazole rings is 1. The molecule has 1 aromatic heterocycles. The van der Waals surface area contributed by atoms with Gasteiger partial charge in [-0.2, -0.15) is 0 Å². The Morgan fingerprint density at radius 3 is 2.50 bits per heavy atom. The van der Waals surface area contributed by atoms with Crippen LogP contribution in [0.2, 0.25) is 19.6 Å². The molecule has 0 atom stereocenters. The normalized spacial score (nSPS) is 14.6. The lowest BCUT2D eigenvalue weighted by atomic mass is 10.0. The summed E-state index contributed by atoms with van der Waals surface area (Å²) in [6.07, 6.45) is 3.23. The van der Waals surface area contributed by atoms with Crippen LogP contribution >= 0.6 is 0 Å². The van der Waals surface area contributed by atoms with Gasteiger partial charge >= 0.3 is 0 Å². The van der Waals surface area contributed by atoms with E-state index in [4.69, 9.17) is 2.74 Å². The molecule has 0 N–H and O–H groups in total. The molecule has 3 aromatic rings. The second kappa shape index (κ2) is 5.89. The minimum absolute atomic E-state index is 0.140.